The average molecular weight is 1010 g/mol. The number of para-hydroxylation sites is 3. The van der Waals surface area contributed by atoms with E-state index in [9.17, 15) is 18.0 Å². The van der Waals surface area contributed by atoms with E-state index >= 15 is 0 Å². The Morgan fingerprint density at radius 3 is 1.65 bits per heavy atom. The van der Waals surface area contributed by atoms with Crippen molar-refractivity contribution in [2.75, 3.05) is 27.3 Å². The van der Waals surface area contributed by atoms with E-state index in [2.05, 4.69) is 33.1 Å². The molecule has 16 heteroatoms. The first-order chi connectivity index (χ1) is 35.1. The Labute approximate surface area is 424 Å². The maximum absolute atomic E-state index is 13.5. The summed E-state index contributed by atoms with van der Waals surface area (Å²) >= 11 is 1.10. The van der Waals surface area contributed by atoms with Crippen LogP contribution in [0.3, 0.4) is 0 Å². The Morgan fingerprint density at radius 1 is 0.597 bits per heavy atom. The number of benzene rings is 6. The van der Waals surface area contributed by atoms with Crippen LogP contribution in [0.1, 0.15) is 70.4 Å². The van der Waals surface area contributed by atoms with Crippen molar-refractivity contribution in [3.63, 3.8) is 0 Å². The number of ether oxygens (including phenoxy) is 2. The zero-order valence-electron chi connectivity index (χ0n) is 39.9. The molecule has 14 nitrogen and oxygen atoms in total. The van der Waals surface area contributed by atoms with E-state index in [4.69, 9.17) is 28.4 Å². The van der Waals surface area contributed by atoms with E-state index in [1.165, 1.54) is 12.7 Å². The van der Waals surface area contributed by atoms with E-state index in [0.717, 1.165) is 48.3 Å². The molecule has 0 aromatic heterocycles. The molecule has 72 heavy (non-hydrogen) atoms. The van der Waals surface area contributed by atoms with Gasteiger partial charge >= 0.3 is 0 Å². The third-order valence-corrected chi connectivity index (χ3v) is 16.6. The molecular weight excluding hydrogens is 953 g/mol. The minimum Gasteiger partial charge on any atom is -0.496 e. The second-order valence-electron chi connectivity index (χ2n) is 18.3. The van der Waals surface area contributed by atoms with Crippen LogP contribution < -0.4 is 25.0 Å². The molecule has 0 spiro atoms. The van der Waals surface area contributed by atoms with Crippen LogP contribution in [0.5, 0.6) is 17.2 Å². The van der Waals surface area contributed by atoms with Crippen LogP contribution in [-0.2, 0) is 34.7 Å². The van der Waals surface area contributed by atoms with Crippen molar-refractivity contribution >= 4 is 43.8 Å². The summed E-state index contributed by atoms with van der Waals surface area (Å²) in [4.78, 5) is 43.3. The van der Waals surface area contributed by atoms with E-state index < -0.39 is 21.2 Å². The van der Waals surface area contributed by atoms with Gasteiger partial charge in [0.15, 0.2) is 15.8 Å². The number of nitrogens with zero attached hydrogens (tertiary/aromatic N) is 2. The van der Waals surface area contributed by atoms with E-state index in [-0.39, 0.29) is 45.3 Å². The average Bonchev–Trinajstić information content (AvgIpc) is 4.06. The lowest BCUT2D eigenvalue weighted by Gasteiger charge is -2.42. The van der Waals surface area contributed by atoms with Crippen molar-refractivity contribution in [1.29, 1.82) is 0 Å². The van der Waals surface area contributed by atoms with Gasteiger partial charge in [0.2, 0.25) is 9.84 Å². The Balaban J connectivity index is 0.000000178. The van der Waals surface area contributed by atoms with Gasteiger partial charge in [-0.2, -0.15) is 0 Å². The molecule has 2 heterocycles. The van der Waals surface area contributed by atoms with Gasteiger partial charge in [-0.05, 0) is 98.2 Å². The number of hydrogen-bond acceptors (Lipinski definition) is 13. The normalized spacial score (nSPS) is 22.9. The van der Waals surface area contributed by atoms with E-state index in [0.29, 0.717) is 54.3 Å². The minimum atomic E-state index is -3.80. The van der Waals surface area contributed by atoms with Gasteiger partial charge in [0, 0.05) is 23.9 Å². The van der Waals surface area contributed by atoms with E-state index in [1.54, 1.807) is 67.8 Å². The smallest absolute Gasteiger partial charge is 0.255 e. The van der Waals surface area contributed by atoms with Gasteiger partial charge in [-0.1, -0.05) is 132 Å². The number of hydrogen-bond donors (Lipinski definition) is 2. The van der Waals surface area contributed by atoms with Crippen molar-refractivity contribution < 1.29 is 46.4 Å². The number of carbonyl (C=O) groups excluding carboxylic acids is 2. The summed E-state index contributed by atoms with van der Waals surface area (Å²) in [5.41, 5.74) is 2.43. The predicted octanol–water partition coefficient (Wildman–Crippen LogP) is 9.88. The van der Waals surface area contributed by atoms with Gasteiger partial charge in [-0.25, -0.2) is 8.42 Å². The highest BCUT2D eigenvalue weighted by Crippen LogP contribution is 2.48. The van der Waals surface area contributed by atoms with Crippen LogP contribution in [0.2, 0.25) is 0 Å². The third kappa shape index (κ3) is 10.9. The van der Waals surface area contributed by atoms with Gasteiger partial charge in [0.05, 0.1) is 42.1 Å². The molecule has 6 atom stereocenters. The van der Waals surface area contributed by atoms with Crippen molar-refractivity contribution in [2.45, 2.75) is 66.5 Å². The minimum absolute atomic E-state index is 0.0646. The molecule has 2 aliphatic heterocycles. The molecule has 0 radical (unpaired) electrons. The van der Waals surface area contributed by atoms with E-state index in [1.807, 2.05) is 97.1 Å². The lowest BCUT2D eigenvalue weighted by atomic mass is 9.65. The van der Waals surface area contributed by atoms with Gasteiger partial charge in [-0.15, -0.1) is 4.33 Å². The molecule has 6 aromatic rings. The van der Waals surface area contributed by atoms with Crippen LogP contribution in [0, 0.1) is 11.8 Å². The first-order valence-corrected chi connectivity index (χ1v) is 26.1. The number of carbonyl (C=O) groups is 2. The van der Waals surface area contributed by atoms with Gasteiger partial charge in [0.25, 0.3) is 11.8 Å². The SMILES string of the molecule is COc1ccccc1C(=O)NCC1(c2ccccc2)CCC2C(SOOc3ccccc3)=NOC2C1.COc1ccccc1C(=O)NCC1(c2ccccc2)CCC2ON=C(S(=O)(=O)c3ccccc3)C2C1. The Morgan fingerprint density at radius 2 is 1.08 bits per heavy atom. The second kappa shape index (κ2) is 22.5. The Kier molecular flexibility index (Phi) is 15.6. The highest BCUT2D eigenvalue weighted by Gasteiger charge is 2.51. The van der Waals surface area contributed by atoms with Crippen molar-refractivity contribution in [3.05, 3.63) is 192 Å². The Hall–Kier alpha value is -7.14. The summed E-state index contributed by atoms with van der Waals surface area (Å²) in [7, 11) is -0.699. The molecule has 2 aliphatic carbocycles. The molecule has 4 aliphatic rings. The molecule has 2 fully saturated rings. The summed E-state index contributed by atoms with van der Waals surface area (Å²) < 4.78 is 43.0. The maximum Gasteiger partial charge on any atom is 0.255 e. The summed E-state index contributed by atoms with van der Waals surface area (Å²) in [6, 6.07) is 52.3. The van der Waals surface area contributed by atoms with Crippen LogP contribution in [0.25, 0.3) is 0 Å². The number of amides is 2. The van der Waals surface area contributed by atoms with Crippen molar-refractivity contribution in [2.24, 2.45) is 22.1 Å². The first-order valence-electron chi connectivity index (χ1n) is 23.9. The van der Waals surface area contributed by atoms with Crippen molar-refractivity contribution in [3.8, 4) is 17.2 Å². The quantitative estimate of drug-likeness (QED) is 0.0604. The fourth-order valence-corrected chi connectivity index (χ4v) is 12.4. The van der Waals surface area contributed by atoms with Gasteiger partial charge in [-0.3, -0.25) is 9.59 Å². The number of sulfone groups is 1. The molecular formula is C56H56N4O10S2. The molecule has 0 saturated heterocycles. The molecule has 6 aromatic carbocycles. The second-order valence-corrected chi connectivity index (χ2v) is 20.9. The molecule has 2 amide bonds. The molecule has 0 bridgehead atoms. The molecule has 372 valence electrons. The van der Waals surface area contributed by atoms with Gasteiger partial charge < -0.3 is 34.7 Å². The Bertz CT molecular complexity index is 2990. The van der Waals surface area contributed by atoms with Crippen LogP contribution in [0.15, 0.2) is 185 Å². The highest BCUT2D eigenvalue weighted by atomic mass is 32.2. The van der Waals surface area contributed by atoms with Crippen LogP contribution in [-0.4, -0.2) is 69.8 Å². The lowest BCUT2D eigenvalue weighted by Crippen LogP contribution is -2.48. The number of methoxy groups -OCH3 is 2. The summed E-state index contributed by atoms with van der Waals surface area (Å²) in [6.45, 7) is 0.826. The predicted molar refractivity (Wildman–Crippen MR) is 276 cm³/mol. The fraction of sp³-hybridized carbons (Fsp3) is 0.286. The van der Waals surface area contributed by atoms with Crippen LogP contribution in [0.4, 0.5) is 0 Å². The zero-order valence-corrected chi connectivity index (χ0v) is 41.6. The van der Waals surface area contributed by atoms with Gasteiger partial charge in [0.1, 0.15) is 35.7 Å². The molecule has 2 N–H and O–H groups in total. The molecule has 6 unspecified atom stereocenters. The number of oxime groups is 2. The standard InChI is InChI=1S/2C28H28N2O5S/c1-34-24-15-9-8-14-22(24)26(31)29-19-28(20-10-4-2-5-11-20)17-16-25-23(18-28)27(30-35-25)36(32,33)21-12-6-3-7-13-21;1-32-24-15-9-8-14-22(24)26(31)29-19-28(20-10-4-2-5-11-20)17-16-23-25(18-28)33-30-27(23)36-35-34-21-12-6-3-7-13-21/h2*2-15,23,25H,16-19H2,1H3,(H,29,31). The third-order valence-electron chi connectivity index (χ3n) is 14.1. The first kappa shape index (κ1) is 49.8. The number of rotatable bonds is 14. The lowest BCUT2D eigenvalue weighted by molar-refractivity contribution is -0.0760. The number of nitrogens with one attached hydrogen (secondary N) is 2. The van der Waals surface area contributed by atoms with Crippen molar-refractivity contribution in [1.82, 2.24) is 10.6 Å². The summed E-state index contributed by atoms with van der Waals surface area (Å²) in [5.74, 6) is 0.996. The highest BCUT2D eigenvalue weighted by molar-refractivity contribution is 8.09. The summed E-state index contributed by atoms with van der Waals surface area (Å²) in [6.07, 6.45) is 3.86. The largest absolute Gasteiger partial charge is 0.496 e. The summed E-state index contributed by atoms with van der Waals surface area (Å²) in [5, 5.41) is 15.5. The fourth-order valence-electron chi connectivity index (χ4n) is 10.3. The molecule has 10 rings (SSSR count). The topological polar surface area (TPSA) is 172 Å². The zero-order chi connectivity index (χ0) is 50.0. The molecule has 2 saturated carbocycles. The maximum atomic E-state index is 13.5. The van der Waals surface area contributed by atoms with Crippen LogP contribution >= 0.6 is 12.0 Å². The monoisotopic (exact) mass is 1010 g/mol. The number of fused-ring (bicyclic) bond motifs is 2.